The van der Waals surface area contributed by atoms with Gasteiger partial charge in [-0.15, -0.1) is 11.8 Å². The van der Waals surface area contributed by atoms with E-state index in [0.29, 0.717) is 31.4 Å². The van der Waals surface area contributed by atoms with E-state index in [-0.39, 0.29) is 36.1 Å². The van der Waals surface area contributed by atoms with E-state index in [9.17, 15) is 29.1 Å². The number of carbonyl (C=O) groups is 5. The number of cyclic esters (lactones) is 1. The number of likely N-dealkylation sites (N-methyl/N-ethyl adjacent to an activating group) is 1. The molecule has 2 rings (SSSR count). The lowest BCUT2D eigenvalue weighted by Gasteiger charge is -2.36. The lowest BCUT2D eigenvalue weighted by molar-refractivity contribution is -0.164. The lowest BCUT2D eigenvalue weighted by atomic mass is 9.81. The van der Waals surface area contributed by atoms with Crippen molar-refractivity contribution >= 4 is 46.4 Å². The molecule has 2 heterocycles. The first-order chi connectivity index (χ1) is 21.8. The van der Waals surface area contributed by atoms with Crippen molar-refractivity contribution in [1.82, 2.24) is 20.9 Å². The fourth-order valence-corrected chi connectivity index (χ4v) is 6.75. The molecule has 268 valence electrons. The molecule has 10 atom stereocenters. The molecule has 0 aromatic carbocycles. The molecule has 0 radical (unpaired) electrons. The number of rotatable bonds is 2. The number of amides is 4. The molecule has 2 bridgehead atoms. The number of nitrogens with one attached hydrogen (secondary N) is 3. The van der Waals surface area contributed by atoms with Crippen LogP contribution in [-0.4, -0.2) is 99.9 Å². The first kappa shape index (κ1) is 40.5. The van der Waals surface area contributed by atoms with Gasteiger partial charge in [-0.2, -0.15) is 0 Å². The average molecular weight is 682 g/mol. The molecule has 2 aliphatic rings. The lowest BCUT2D eigenvalue weighted by Crippen LogP contribution is -2.58. The number of esters is 1. The van der Waals surface area contributed by atoms with Gasteiger partial charge in [-0.25, -0.2) is 4.79 Å². The van der Waals surface area contributed by atoms with Crippen LogP contribution in [0.1, 0.15) is 101 Å². The van der Waals surface area contributed by atoms with Crippen LogP contribution in [0.25, 0.3) is 0 Å². The van der Waals surface area contributed by atoms with E-state index < -0.39 is 65.5 Å². The number of nitrogens with zero attached hydrogens (tertiary/aromatic N) is 2. The number of aliphatic hydroxyl groups excluding tert-OH is 1. The summed E-state index contributed by atoms with van der Waals surface area (Å²) in [4.78, 5) is 72.0. The fraction of sp³-hybridized carbons (Fsp3) is 0.824. The van der Waals surface area contributed by atoms with Gasteiger partial charge >= 0.3 is 5.97 Å². The van der Waals surface area contributed by atoms with Crippen molar-refractivity contribution in [2.24, 2.45) is 28.2 Å². The van der Waals surface area contributed by atoms with E-state index in [0.717, 1.165) is 5.04 Å². The average Bonchev–Trinajstić information content (AvgIpc) is 3.48. The summed E-state index contributed by atoms with van der Waals surface area (Å²) in [5.41, 5.74) is -0.400. The SMILES string of the molecule is CCC(C)C1NC(=O)C(C)NC(=O)C(C)NC(=O)CCC2CSC(=N2)C(C)C(O)CC(C)CC(C(C)(C)C)OC(=O)C(C)N(C)C1=O. The zero-order valence-corrected chi connectivity index (χ0v) is 31.0. The number of aliphatic imine (C=N–C) groups is 1. The molecule has 4 N–H and O–H groups in total. The van der Waals surface area contributed by atoms with Crippen LogP contribution in [0.2, 0.25) is 0 Å². The molecule has 4 amide bonds. The van der Waals surface area contributed by atoms with Gasteiger partial charge in [-0.05, 0) is 57.3 Å². The maximum Gasteiger partial charge on any atom is 0.328 e. The molecule has 2 aliphatic heterocycles. The minimum absolute atomic E-state index is 0.0189. The summed E-state index contributed by atoms with van der Waals surface area (Å²) in [6, 6.07) is -3.82. The van der Waals surface area contributed by atoms with Crippen LogP contribution in [0.15, 0.2) is 4.99 Å². The molecule has 0 saturated heterocycles. The van der Waals surface area contributed by atoms with Crippen LogP contribution in [0.4, 0.5) is 0 Å². The third-order valence-corrected chi connectivity index (χ3v) is 10.8. The first-order valence-electron chi connectivity index (χ1n) is 17.0. The molecule has 0 aromatic heterocycles. The normalized spacial score (nSPS) is 34.2. The zero-order valence-electron chi connectivity index (χ0n) is 30.2. The molecule has 10 unspecified atom stereocenters. The minimum Gasteiger partial charge on any atom is -0.460 e. The third kappa shape index (κ3) is 11.8. The van der Waals surface area contributed by atoms with Gasteiger partial charge < -0.3 is 30.7 Å². The second-order valence-electron chi connectivity index (χ2n) is 14.7. The monoisotopic (exact) mass is 681 g/mol. The minimum atomic E-state index is -0.987. The largest absolute Gasteiger partial charge is 0.460 e. The number of carbonyl (C=O) groups excluding carboxylic acids is 5. The molecule has 0 aliphatic carbocycles. The van der Waals surface area contributed by atoms with Crippen molar-refractivity contribution in [1.29, 1.82) is 0 Å². The van der Waals surface area contributed by atoms with E-state index in [1.807, 2.05) is 48.5 Å². The maximum atomic E-state index is 13.7. The zero-order chi connectivity index (χ0) is 35.8. The Hall–Kier alpha value is -2.67. The quantitative estimate of drug-likeness (QED) is 0.323. The Labute approximate surface area is 285 Å². The standard InChI is InChI=1S/C34H59N5O7S/c1-12-19(3)28-32(44)39(11)23(7)33(45)46-26(34(8,9)10)16-18(2)15-25(40)20(4)31-37-24(17-47-31)13-14-27(41)35-21(5)29(42)36-22(6)30(43)38-28/h18-26,28,40H,12-17H2,1-11H3,(H,35,41)(H,36,42)(H,38,43). The summed E-state index contributed by atoms with van der Waals surface area (Å²) in [6.07, 6.45) is 1.15. The third-order valence-electron chi connectivity index (χ3n) is 9.46. The van der Waals surface area contributed by atoms with Crippen molar-refractivity contribution in [3.8, 4) is 0 Å². The Morgan fingerprint density at radius 1 is 0.979 bits per heavy atom. The van der Waals surface area contributed by atoms with Gasteiger partial charge in [0.05, 0.1) is 17.2 Å². The van der Waals surface area contributed by atoms with Crippen LogP contribution < -0.4 is 16.0 Å². The summed E-state index contributed by atoms with van der Waals surface area (Å²) in [7, 11) is 1.51. The summed E-state index contributed by atoms with van der Waals surface area (Å²) >= 11 is 1.59. The summed E-state index contributed by atoms with van der Waals surface area (Å²) in [5, 5.41) is 20.1. The molecular weight excluding hydrogens is 622 g/mol. The summed E-state index contributed by atoms with van der Waals surface area (Å²) in [6.45, 7) is 18.3. The van der Waals surface area contributed by atoms with Crippen LogP contribution in [0, 0.1) is 23.2 Å². The van der Waals surface area contributed by atoms with Crippen molar-refractivity contribution in [3.63, 3.8) is 0 Å². The molecule has 0 aromatic rings. The smallest absolute Gasteiger partial charge is 0.328 e. The molecule has 0 spiro atoms. The highest BCUT2D eigenvalue weighted by Crippen LogP contribution is 2.33. The van der Waals surface area contributed by atoms with Crippen LogP contribution in [0.5, 0.6) is 0 Å². The Balaban J connectivity index is 2.37. The highest BCUT2D eigenvalue weighted by atomic mass is 32.2. The van der Waals surface area contributed by atoms with Crippen molar-refractivity contribution in [3.05, 3.63) is 0 Å². The Morgan fingerprint density at radius 3 is 2.17 bits per heavy atom. The van der Waals surface area contributed by atoms with Crippen molar-refractivity contribution in [2.75, 3.05) is 12.8 Å². The van der Waals surface area contributed by atoms with Gasteiger partial charge in [0, 0.05) is 25.1 Å². The van der Waals surface area contributed by atoms with Crippen LogP contribution in [0.3, 0.4) is 0 Å². The van der Waals surface area contributed by atoms with Crippen LogP contribution in [-0.2, 0) is 28.7 Å². The molecule has 47 heavy (non-hydrogen) atoms. The summed E-state index contributed by atoms with van der Waals surface area (Å²) < 4.78 is 6.06. The molecule has 13 heteroatoms. The van der Waals surface area contributed by atoms with Gasteiger partial charge in [-0.1, -0.05) is 54.9 Å². The van der Waals surface area contributed by atoms with E-state index >= 15 is 0 Å². The predicted molar refractivity (Wildman–Crippen MR) is 185 cm³/mol. The molecular formula is C34H59N5O7S. The Morgan fingerprint density at radius 2 is 1.57 bits per heavy atom. The number of hydrogen-bond donors (Lipinski definition) is 4. The number of fused-ring (bicyclic) bond motifs is 1. The van der Waals surface area contributed by atoms with E-state index in [2.05, 4.69) is 16.0 Å². The number of hydrogen-bond acceptors (Lipinski definition) is 9. The Bertz CT molecular complexity index is 1160. The van der Waals surface area contributed by atoms with Gasteiger partial charge in [0.15, 0.2) is 0 Å². The fourth-order valence-electron chi connectivity index (χ4n) is 5.50. The van der Waals surface area contributed by atoms with E-state index in [4.69, 9.17) is 9.73 Å². The van der Waals surface area contributed by atoms with Gasteiger partial charge in [0.2, 0.25) is 23.6 Å². The van der Waals surface area contributed by atoms with Crippen molar-refractivity contribution < 1.29 is 33.8 Å². The predicted octanol–water partition coefficient (Wildman–Crippen LogP) is 3.05. The van der Waals surface area contributed by atoms with E-state index in [1.165, 1.54) is 18.9 Å². The van der Waals surface area contributed by atoms with E-state index in [1.54, 1.807) is 25.6 Å². The highest BCUT2D eigenvalue weighted by molar-refractivity contribution is 8.14. The molecule has 12 nitrogen and oxygen atoms in total. The van der Waals surface area contributed by atoms with Crippen LogP contribution >= 0.6 is 11.8 Å². The van der Waals surface area contributed by atoms with Gasteiger partial charge in [-0.3, -0.25) is 24.2 Å². The number of thioether (sulfide) groups is 1. The second kappa shape index (κ2) is 17.6. The topological polar surface area (TPSA) is 166 Å². The van der Waals surface area contributed by atoms with Crippen molar-refractivity contribution in [2.45, 2.75) is 144 Å². The first-order valence-corrected chi connectivity index (χ1v) is 18.0. The Kier molecular flexibility index (Phi) is 15.2. The molecule has 0 fully saturated rings. The highest BCUT2D eigenvalue weighted by Gasteiger charge is 2.38. The van der Waals surface area contributed by atoms with Gasteiger partial charge in [0.1, 0.15) is 30.3 Å². The second-order valence-corrected chi connectivity index (χ2v) is 15.8. The van der Waals surface area contributed by atoms with Gasteiger partial charge in [0.25, 0.3) is 0 Å². The molecule has 0 saturated carbocycles. The summed E-state index contributed by atoms with van der Waals surface area (Å²) in [5.74, 6) is -2.11. The number of ether oxygens (including phenoxy) is 1. The number of aliphatic hydroxyl groups is 1. The maximum absolute atomic E-state index is 13.7.